The Hall–Kier alpha value is -7.80. The summed E-state index contributed by atoms with van der Waals surface area (Å²) in [5, 5.41) is 7.81. The highest BCUT2D eigenvalue weighted by Crippen LogP contribution is 2.62. The Kier molecular flexibility index (Phi) is 7.25. The first-order valence-electron chi connectivity index (χ1n) is 22.3. The van der Waals surface area contributed by atoms with E-state index in [0.717, 1.165) is 0 Å². The van der Waals surface area contributed by atoms with Crippen LogP contribution >= 0.6 is 0 Å². The van der Waals surface area contributed by atoms with E-state index in [1.807, 2.05) is 0 Å². The molecule has 0 aliphatic heterocycles. The van der Waals surface area contributed by atoms with Gasteiger partial charge in [0.15, 0.2) is 0 Å². The van der Waals surface area contributed by atoms with Gasteiger partial charge in [0.2, 0.25) is 0 Å². The van der Waals surface area contributed by atoms with Crippen LogP contribution in [0.2, 0.25) is 0 Å². The largest absolute Gasteiger partial charge is 0.0761 e. The van der Waals surface area contributed by atoms with Crippen LogP contribution in [0.5, 0.6) is 0 Å². The minimum atomic E-state index is -0.423. The van der Waals surface area contributed by atoms with E-state index in [4.69, 9.17) is 0 Å². The van der Waals surface area contributed by atoms with Crippen LogP contribution < -0.4 is 0 Å². The highest BCUT2D eigenvalue weighted by atomic mass is 14.5. The van der Waals surface area contributed by atoms with Crippen LogP contribution in [0.25, 0.3) is 88.5 Å². The Morgan fingerprint density at radius 1 is 0.333 bits per heavy atom. The Bertz CT molecular complexity index is 3680. The van der Waals surface area contributed by atoms with Gasteiger partial charge in [-0.15, -0.1) is 0 Å². The van der Waals surface area contributed by atoms with Gasteiger partial charge in [-0.3, -0.25) is 0 Å². The maximum absolute atomic E-state index is 2.53. The van der Waals surface area contributed by atoms with Gasteiger partial charge in [0, 0.05) is 11.8 Å². The first kappa shape index (κ1) is 34.9. The zero-order valence-corrected chi connectivity index (χ0v) is 34.6. The number of allylic oxidation sites excluding steroid dienone is 5. The molecule has 0 fully saturated rings. The lowest BCUT2D eigenvalue weighted by Crippen LogP contribution is -2.31. The first-order valence-corrected chi connectivity index (χ1v) is 22.3. The minimum absolute atomic E-state index is 0.226. The number of hydrogen-bond acceptors (Lipinski definition) is 0. The monoisotopic (exact) mass is 796 g/mol. The fraction of sp³-hybridized carbons (Fsp3) is 0.0476. The number of hydrogen-bond donors (Lipinski definition) is 0. The second kappa shape index (κ2) is 13.1. The molecular formula is C63H40. The molecule has 0 heterocycles. The van der Waals surface area contributed by atoms with Crippen LogP contribution in [0.4, 0.5) is 0 Å². The summed E-state index contributed by atoms with van der Waals surface area (Å²) in [6.45, 7) is 0. The Balaban J connectivity index is 0.948. The predicted molar refractivity (Wildman–Crippen MR) is 265 cm³/mol. The van der Waals surface area contributed by atoms with Gasteiger partial charge in [-0.2, -0.15) is 0 Å². The molecule has 1 spiro atoms. The summed E-state index contributed by atoms with van der Waals surface area (Å²) in [6, 6.07) is 75.7. The van der Waals surface area contributed by atoms with E-state index in [9.17, 15) is 0 Å². The lowest BCUT2D eigenvalue weighted by Gasteiger charge is -2.40. The van der Waals surface area contributed by atoms with Crippen LogP contribution in [0, 0.1) is 5.92 Å². The average Bonchev–Trinajstić information content (AvgIpc) is 3.65. The van der Waals surface area contributed by atoms with Crippen LogP contribution in [0.3, 0.4) is 0 Å². The molecule has 3 atom stereocenters. The Morgan fingerprint density at radius 2 is 0.889 bits per heavy atom. The second-order valence-electron chi connectivity index (χ2n) is 17.8. The predicted octanol–water partition coefficient (Wildman–Crippen LogP) is 16.2. The molecule has 0 aromatic heterocycles. The van der Waals surface area contributed by atoms with Crippen molar-refractivity contribution in [3.8, 4) is 44.5 Å². The summed E-state index contributed by atoms with van der Waals surface area (Å²) in [5.74, 6) is 0.465. The van der Waals surface area contributed by atoms with Crippen LogP contribution in [0.15, 0.2) is 224 Å². The van der Waals surface area contributed by atoms with Crippen molar-refractivity contribution in [2.75, 3.05) is 0 Å². The van der Waals surface area contributed by atoms with E-state index >= 15 is 0 Å². The fourth-order valence-corrected chi connectivity index (χ4v) is 12.2. The molecule has 0 heteroatoms. The minimum Gasteiger partial charge on any atom is -0.0761 e. The zero-order chi connectivity index (χ0) is 41.2. The zero-order valence-electron chi connectivity index (χ0n) is 34.6. The summed E-state index contributed by atoms with van der Waals surface area (Å²) in [5.41, 5.74) is 20.8. The molecule has 4 aliphatic carbocycles. The molecule has 4 aliphatic rings. The SMILES string of the molecule is C1=CC2C(c3ccc(-c4cccc5ccccc45)cc3)=Cc3c(cc(-c4ccc5c(c4)-c4ccccc4C54c5ccccc5-c5cccc6cccc4c56)c4ccccc34)C2C=C1. The normalized spacial score (nSPS) is 18.5. The van der Waals surface area contributed by atoms with Crippen LogP contribution in [0.1, 0.15) is 44.9 Å². The number of benzene rings is 10. The molecule has 0 N–H and O–H groups in total. The molecule has 0 nitrogen and oxygen atoms in total. The third-order valence-electron chi connectivity index (χ3n) is 14.9. The van der Waals surface area contributed by atoms with Gasteiger partial charge in [0.05, 0.1) is 5.41 Å². The second-order valence-corrected chi connectivity index (χ2v) is 17.8. The van der Waals surface area contributed by atoms with E-state index < -0.39 is 5.41 Å². The lowest BCUT2D eigenvalue weighted by molar-refractivity contribution is 0.710. The van der Waals surface area contributed by atoms with E-state index in [2.05, 4.69) is 231 Å². The molecule has 0 amide bonds. The maximum atomic E-state index is 2.53. The van der Waals surface area contributed by atoms with Crippen molar-refractivity contribution in [3.63, 3.8) is 0 Å². The van der Waals surface area contributed by atoms with Crippen molar-refractivity contribution in [1.82, 2.24) is 0 Å². The molecule has 0 bridgehead atoms. The van der Waals surface area contributed by atoms with Gasteiger partial charge in [0.25, 0.3) is 0 Å². The van der Waals surface area contributed by atoms with E-state index in [1.54, 1.807) is 0 Å². The van der Waals surface area contributed by atoms with Gasteiger partial charge < -0.3 is 0 Å². The standard InChI is InChI=1S/C63H40/c1-2-18-44-39(14-1)15-11-25-45(44)40-30-32-41(33-31-40)53-37-55-49-22-6-4-20-47(49)54(38-56(55)48-21-5-3-19-46(48)53)43-34-35-60-57(36-43)51-24-8-10-28-59(51)63(60)58-27-9-7-23-50(58)52-26-12-16-42-17-13-29-61(63)62(42)52/h1-38,46,48H. The third-order valence-corrected chi connectivity index (χ3v) is 14.9. The molecular weight excluding hydrogens is 757 g/mol. The van der Waals surface area contributed by atoms with Crippen molar-refractivity contribution in [2.24, 2.45) is 5.92 Å². The number of rotatable bonds is 3. The fourth-order valence-electron chi connectivity index (χ4n) is 12.2. The van der Waals surface area contributed by atoms with Gasteiger partial charge >= 0.3 is 0 Å². The lowest BCUT2D eigenvalue weighted by atomic mass is 9.61. The van der Waals surface area contributed by atoms with Gasteiger partial charge in [-0.1, -0.05) is 212 Å². The van der Waals surface area contributed by atoms with Crippen molar-refractivity contribution in [3.05, 3.63) is 263 Å². The van der Waals surface area contributed by atoms with Gasteiger partial charge in [0.1, 0.15) is 0 Å². The van der Waals surface area contributed by atoms with Crippen molar-refractivity contribution in [1.29, 1.82) is 0 Å². The number of fused-ring (bicyclic) bond motifs is 15. The van der Waals surface area contributed by atoms with Crippen molar-refractivity contribution < 1.29 is 0 Å². The third kappa shape index (κ3) is 4.76. The molecule has 0 saturated carbocycles. The quantitative estimate of drug-likeness (QED) is 0.167. The van der Waals surface area contributed by atoms with Crippen LogP contribution in [-0.4, -0.2) is 0 Å². The molecule has 292 valence electrons. The molecule has 63 heavy (non-hydrogen) atoms. The summed E-state index contributed by atoms with van der Waals surface area (Å²) in [6.07, 6.45) is 11.8. The topological polar surface area (TPSA) is 0 Å². The molecule has 0 saturated heterocycles. The van der Waals surface area contributed by atoms with E-state index in [0.29, 0.717) is 0 Å². The summed E-state index contributed by atoms with van der Waals surface area (Å²) >= 11 is 0. The molecule has 10 aromatic carbocycles. The smallest absolute Gasteiger partial charge is 0.0725 e. The summed E-state index contributed by atoms with van der Waals surface area (Å²) < 4.78 is 0. The van der Waals surface area contributed by atoms with Crippen LogP contribution in [-0.2, 0) is 5.41 Å². The highest BCUT2D eigenvalue weighted by molar-refractivity contribution is 6.09. The van der Waals surface area contributed by atoms with E-state index in [-0.39, 0.29) is 11.8 Å². The highest BCUT2D eigenvalue weighted by Gasteiger charge is 2.50. The Labute approximate surface area is 367 Å². The first-order chi connectivity index (χ1) is 31.3. The van der Waals surface area contributed by atoms with E-state index in [1.165, 1.54) is 121 Å². The molecule has 10 aromatic rings. The molecule has 3 unspecified atom stereocenters. The van der Waals surface area contributed by atoms with Gasteiger partial charge in [-0.05, 0) is 140 Å². The van der Waals surface area contributed by atoms with Crippen molar-refractivity contribution >= 4 is 44.0 Å². The molecule has 0 radical (unpaired) electrons. The maximum Gasteiger partial charge on any atom is 0.0725 e. The van der Waals surface area contributed by atoms with Crippen molar-refractivity contribution in [2.45, 2.75) is 11.3 Å². The molecule has 14 rings (SSSR count). The average molecular weight is 797 g/mol. The summed E-state index contributed by atoms with van der Waals surface area (Å²) in [4.78, 5) is 0. The van der Waals surface area contributed by atoms with Gasteiger partial charge in [-0.25, -0.2) is 0 Å². The Morgan fingerprint density at radius 3 is 1.70 bits per heavy atom. The summed E-state index contributed by atoms with van der Waals surface area (Å²) in [7, 11) is 0.